The highest BCUT2D eigenvalue weighted by atomic mass is 35.5. The van der Waals surface area contributed by atoms with Gasteiger partial charge in [0.1, 0.15) is 11.4 Å². The number of nitrogens with zero attached hydrogens (tertiary/aromatic N) is 2. The largest absolute Gasteiger partial charge is 0.490 e. The molecule has 7 atom stereocenters. The van der Waals surface area contributed by atoms with E-state index in [9.17, 15) is 23.1 Å². The summed E-state index contributed by atoms with van der Waals surface area (Å²) in [6.45, 7) is 8.25. The Morgan fingerprint density at radius 2 is 1.92 bits per heavy atom. The number of allylic oxidation sites excluding steroid dienone is 1. The molecule has 5 aliphatic rings. The number of aldehydes is 1. The lowest BCUT2D eigenvalue weighted by Gasteiger charge is -2.47. The lowest BCUT2D eigenvalue weighted by atomic mass is 9.64. The summed E-state index contributed by atoms with van der Waals surface area (Å²) in [7, 11) is -1.93. The number of likely N-dealkylation sites (N-methyl/N-ethyl adjacent to an activating group) is 1. The Balaban J connectivity index is 0.000000475. The van der Waals surface area contributed by atoms with Crippen LogP contribution >= 0.6 is 11.6 Å². The van der Waals surface area contributed by atoms with Gasteiger partial charge in [-0.3, -0.25) is 9.59 Å². The molecular weight excluding hydrogens is 716 g/mol. The molecule has 0 radical (unpaired) electrons. The zero-order chi connectivity index (χ0) is 37.3. The molecule has 2 bridgehead atoms. The molecule has 11 nitrogen and oxygen atoms in total. The highest BCUT2D eigenvalue weighted by Gasteiger charge is 2.48. The SMILES string of the molecule is C.CN1CCNC(CO)C1.C[C@@H]1[C@@H](C)C/C=C/[C@](O)(C=O)[C@@H]2CC[C@H]2CN2C[C@@]3(CCCc4cc(Cl)ccc43)COc3ccc(cc32)C(=O)NS1(=O)=O. The summed E-state index contributed by atoms with van der Waals surface area (Å²) in [5.41, 5.74) is 1.35. The van der Waals surface area contributed by atoms with Crippen molar-refractivity contribution in [2.75, 3.05) is 57.9 Å². The Labute approximate surface area is 320 Å². The number of aliphatic hydroxyl groups excluding tert-OH is 1. The minimum Gasteiger partial charge on any atom is -0.490 e. The first-order valence-electron chi connectivity index (χ1n) is 18.5. The molecule has 7 rings (SSSR count). The van der Waals surface area contributed by atoms with Gasteiger partial charge in [0.15, 0.2) is 6.29 Å². The van der Waals surface area contributed by atoms with Crippen LogP contribution in [0.2, 0.25) is 5.02 Å². The van der Waals surface area contributed by atoms with E-state index in [1.54, 1.807) is 38.1 Å². The van der Waals surface area contributed by atoms with Crippen LogP contribution in [0, 0.1) is 17.8 Å². The molecule has 4 N–H and O–H groups in total. The molecule has 2 aromatic rings. The molecule has 3 heterocycles. The molecule has 2 fully saturated rings. The minimum absolute atomic E-state index is 0. The van der Waals surface area contributed by atoms with Crippen molar-refractivity contribution in [3.63, 3.8) is 0 Å². The van der Waals surface area contributed by atoms with Gasteiger partial charge in [0.25, 0.3) is 5.91 Å². The molecule has 1 spiro atoms. The van der Waals surface area contributed by atoms with E-state index >= 15 is 0 Å². The number of anilines is 1. The third-order valence-electron chi connectivity index (χ3n) is 12.1. The van der Waals surface area contributed by atoms with Crippen LogP contribution in [-0.4, -0.2) is 106 Å². The lowest BCUT2D eigenvalue weighted by molar-refractivity contribution is -0.130. The number of benzene rings is 2. The third-order valence-corrected chi connectivity index (χ3v) is 14.2. The van der Waals surface area contributed by atoms with Crippen LogP contribution in [0.15, 0.2) is 48.6 Å². The number of carbonyl (C=O) groups excluding carboxylic acids is 2. The predicted octanol–water partition coefficient (Wildman–Crippen LogP) is 4.33. The average molecular weight is 773 g/mol. The Bertz CT molecular complexity index is 1770. The van der Waals surface area contributed by atoms with Gasteiger partial charge in [-0.2, -0.15) is 0 Å². The van der Waals surface area contributed by atoms with Crippen LogP contribution in [0.25, 0.3) is 0 Å². The second kappa shape index (κ2) is 16.8. The summed E-state index contributed by atoms with van der Waals surface area (Å²) in [5.74, 6) is -0.681. The van der Waals surface area contributed by atoms with Gasteiger partial charge in [0, 0.05) is 60.7 Å². The van der Waals surface area contributed by atoms with Gasteiger partial charge >= 0.3 is 0 Å². The molecule has 1 amide bonds. The molecule has 1 unspecified atom stereocenters. The zero-order valence-corrected chi connectivity index (χ0v) is 32.0. The summed E-state index contributed by atoms with van der Waals surface area (Å²) in [4.78, 5) is 30.1. The summed E-state index contributed by atoms with van der Waals surface area (Å²) in [6.07, 6.45) is 8.57. The maximum Gasteiger partial charge on any atom is 0.264 e. The molecular formula is C40H57ClN4O7S. The van der Waals surface area contributed by atoms with E-state index in [0.717, 1.165) is 45.3 Å². The first-order chi connectivity index (χ1) is 24.8. The number of rotatable bonds is 2. The van der Waals surface area contributed by atoms with Crippen molar-refractivity contribution in [3.8, 4) is 5.75 Å². The molecule has 292 valence electrons. The fourth-order valence-corrected chi connectivity index (χ4v) is 10.0. The number of aliphatic hydroxyl groups is 2. The molecule has 3 aliphatic heterocycles. The number of sulfonamides is 1. The molecule has 13 heteroatoms. The fraction of sp³-hybridized carbons (Fsp3) is 0.600. The minimum atomic E-state index is -4.00. The Hall–Kier alpha value is -3.00. The van der Waals surface area contributed by atoms with Crippen LogP contribution in [0.5, 0.6) is 5.75 Å². The van der Waals surface area contributed by atoms with E-state index in [4.69, 9.17) is 21.4 Å². The fourth-order valence-electron chi connectivity index (χ4n) is 8.55. The lowest BCUT2D eigenvalue weighted by Crippen LogP contribution is -2.53. The van der Waals surface area contributed by atoms with Gasteiger partial charge in [-0.25, -0.2) is 13.1 Å². The molecule has 53 heavy (non-hydrogen) atoms. The highest BCUT2D eigenvalue weighted by molar-refractivity contribution is 7.90. The third kappa shape index (κ3) is 8.79. The Kier molecular flexibility index (Phi) is 13.0. The smallest absolute Gasteiger partial charge is 0.264 e. The summed E-state index contributed by atoms with van der Waals surface area (Å²) >= 11 is 6.38. The normalized spacial score (nSPS) is 33.1. The quantitative estimate of drug-likeness (QED) is 0.257. The number of piperazine rings is 1. The van der Waals surface area contributed by atoms with Crippen molar-refractivity contribution in [3.05, 3.63) is 70.3 Å². The van der Waals surface area contributed by atoms with Gasteiger partial charge in [-0.05, 0) is 112 Å². The van der Waals surface area contributed by atoms with Gasteiger partial charge in [0.05, 0.1) is 24.2 Å². The second-order valence-electron chi connectivity index (χ2n) is 15.6. The predicted molar refractivity (Wildman–Crippen MR) is 209 cm³/mol. The molecule has 2 aromatic carbocycles. The number of halogens is 1. The average Bonchev–Trinajstić information content (AvgIpc) is 3.26. The van der Waals surface area contributed by atoms with Crippen LogP contribution in [-0.2, 0) is 26.7 Å². The summed E-state index contributed by atoms with van der Waals surface area (Å²) in [5, 5.41) is 23.3. The number of amides is 1. The van der Waals surface area contributed by atoms with Crippen LogP contribution in [0.3, 0.4) is 0 Å². The van der Waals surface area contributed by atoms with E-state index in [0.29, 0.717) is 61.3 Å². The summed E-state index contributed by atoms with van der Waals surface area (Å²) < 4.78 is 35.2. The van der Waals surface area contributed by atoms with Gasteiger partial charge < -0.3 is 30.1 Å². The van der Waals surface area contributed by atoms with Crippen molar-refractivity contribution >= 4 is 39.5 Å². The highest BCUT2D eigenvalue weighted by Crippen LogP contribution is 2.48. The van der Waals surface area contributed by atoms with E-state index in [2.05, 4.69) is 33.0 Å². The summed E-state index contributed by atoms with van der Waals surface area (Å²) in [6, 6.07) is 11.4. The first-order valence-corrected chi connectivity index (χ1v) is 20.5. The monoisotopic (exact) mass is 772 g/mol. The van der Waals surface area contributed by atoms with Crippen molar-refractivity contribution in [2.45, 2.75) is 82.1 Å². The van der Waals surface area contributed by atoms with E-state index in [1.807, 2.05) is 12.1 Å². The second-order valence-corrected chi connectivity index (χ2v) is 18.1. The number of nitrogens with one attached hydrogen (secondary N) is 2. The Morgan fingerprint density at radius 1 is 1.13 bits per heavy atom. The van der Waals surface area contributed by atoms with Crippen LogP contribution in [0.4, 0.5) is 5.69 Å². The molecule has 2 aliphatic carbocycles. The molecule has 1 saturated carbocycles. The molecule has 1 saturated heterocycles. The van der Waals surface area contributed by atoms with Gasteiger partial charge in [-0.15, -0.1) is 0 Å². The topological polar surface area (TPSA) is 149 Å². The maximum atomic E-state index is 13.3. The van der Waals surface area contributed by atoms with Crippen molar-refractivity contribution in [1.29, 1.82) is 0 Å². The van der Waals surface area contributed by atoms with E-state index in [-0.39, 0.29) is 42.8 Å². The van der Waals surface area contributed by atoms with E-state index in [1.165, 1.54) is 17.2 Å². The van der Waals surface area contributed by atoms with Crippen LogP contribution in [0.1, 0.15) is 74.9 Å². The van der Waals surface area contributed by atoms with Crippen molar-refractivity contribution in [1.82, 2.24) is 14.9 Å². The number of carbonyl (C=O) groups is 2. The molecule has 0 aromatic heterocycles. The van der Waals surface area contributed by atoms with Gasteiger partial charge in [0.2, 0.25) is 10.0 Å². The Morgan fingerprint density at radius 3 is 2.60 bits per heavy atom. The number of fused-ring (bicyclic) bond motifs is 4. The van der Waals surface area contributed by atoms with Crippen molar-refractivity contribution < 1.29 is 33.0 Å². The standard InChI is InChI=1S/C33H39ClN2O6S.C6H14N2O.CH4/c1-21-5-3-14-33(39,19-37)28-10-7-25(28)17-36-18-32(13-4-6-23-15-26(34)9-11-27(23)32)20-42-30-12-8-24(16-29(30)36)31(38)35-43(40,41)22(21)2;1-8-3-2-7-6(4-8)5-9;/h3,8-9,11-12,14-16,19,21-22,25,28,39H,4-7,10,13,17-18,20H2,1-2H3,(H,35,38);6-7,9H,2-5H2,1H3;1H4/b14-3+;;/t21-,22+,25-,28+,32-,33-;;/m0../s1. The van der Waals surface area contributed by atoms with Crippen molar-refractivity contribution in [2.24, 2.45) is 17.8 Å². The van der Waals surface area contributed by atoms with E-state index < -0.39 is 26.8 Å². The first kappa shape index (κ1) is 41.2. The number of hydrogen-bond donors (Lipinski definition) is 4. The number of aryl methyl sites for hydroxylation is 1. The van der Waals surface area contributed by atoms with Crippen LogP contribution < -0.4 is 19.7 Å². The zero-order valence-electron chi connectivity index (χ0n) is 30.4. The van der Waals surface area contributed by atoms with Gasteiger partial charge in [-0.1, -0.05) is 38.1 Å². The maximum absolute atomic E-state index is 13.3. The number of ether oxygens (including phenoxy) is 1. The number of hydrogen-bond acceptors (Lipinski definition) is 10.